The van der Waals surface area contributed by atoms with E-state index < -0.39 is 37.6 Å². The summed E-state index contributed by atoms with van der Waals surface area (Å²) >= 11 is 0. The maximum atomic E-state index is 10.4. The van der Waals surface area contributed by atoms with Crippen molar-refractivity contribution in [3.63, 3.8) is 0 Å². The van der Waals surface area contributed by atoms with Crippen LogP contribution in [0.15, 0.2) is 67.0 Å². The van der Waals surface area contributed by atoms with Gasteiger partial charge in [-0.15, -0.1) is 0 Å². The van der Waals surface area contributed by atoms with Crippen molar-refractivity contribution in [3.05, 3.63) is 97.3 Å². The van der Waals surface area contributed by atoms with Crippen LogP contribution >= 0.6 is 0 Å². The van der Waals surface area contributed by atoms with Crippen molar-refractivity contribution in [1.82, 2.24) is 9.38 Å². The average molecular weight is 495 g/mol. The molecule has 0 atom stereocenters. The first-order chi connectivity index (χ1) is 17.2. The van der Waals surface area contributed by atoms with Crippen LogP contribution < -0.4 is 4.74 Å². The summed E-state index contributed by atoms with van der Waals surface area (Å²) in [6, 6.07) is 15.0. The molecule has 2 aromatic carbocycles. The molecule has 0 fully saturated rings. The van der Waals surface area contributed by atoms with Crippen LogP contribution in [0.25, 0.3) is 16.9 Å². The third-order valence-corrected chi connectivity index (χ3v) is 4.94. The van der Waals surface area contributed by atoms with Gasteiger partial charge in [-0.2, -0.15) is 0 Å². The van der Waals surface area contributed by atoms with Gasteiger partial charge in [0, 0.05) is 18.0 Å². The lowest BCUT2D eigenvalue weighted by Crippen LogP contribution is -1.97. The average Bonchev–Trinajstić information content (AvgIpc) is 3.29. The van der Waals surface area contributed by atoms with Crippen molar-refractivity contribution in [2.45, 2.75) is 19.8 Å². The Kier molecular flexibility index (Phi) is 8.07. The highest BCUT2D eigenvalue weighted by atomic mass is 16.6. The van der Waals surface area contributed by atoms with E-state index in [-0.39, 0.29) is 0 Å². The summed E-state index contributed by atoms with van der Waals surface area (Å²) in [5.41, 5.74) is 0.0524. The van der Waals surface area contributed by atoms with Crippen LogP contribution in [-0.2, 0) is 0 Å². The van der Waals surface area contributed by atoms with Crippen LogP contribution in [0.5, 0.6) is 11.5 Å². The van der Waals surface area contributed by atoms with E-state index in [2.05, 4.69) is 24.0 Å². The molecule has 0 unspecified atom stereocenters. The fraction of sp³-hybridized carbons (Fsp3) is 0.174. The lowest BCUT2D eigenvalue weighted by atomic mass is 10.2. The minimum Gasteiger partial charge on any atom is -0.497 e. The number of aromatic nitrogens is 2. The summed E-state index contributed by atoms with van der Waals surface area (Å²) < 4.78 is 7.70. The number of unbranched alkanes of at least 4 members (excludes halogenated alkanes) is 1. The quantitative estimate of drug-likeness (QED) is 0.193. The fourth-order valence-corrected chi connectivity index (χ4v) is 3.10. The van der Waals surface area contributed by atoms with Gasteiger partial charge in [0.05, 0.1) is 39.2 Å². The van der Waals surface area contributed by atoms with Gasteiger partial charge < -0.3 is 14.2 Å². The highest BCUT2D eigenvalue weighted by Crippen LogP contribution is 2.39. The molecular weight excluding hydrogens is 474 g/mol. The minimum atomic E-state index is -1.21. The number of ether oxygens (including phenoxy) is 1. The Labute approximate surface area is 203 Å². The van der Waals surface area contributed by atoms with Gasteiger partial charge in [0.2, 0.25) is 0 Å². The van der Waals surface area contributed by atoms with E-state index in [1.165, 1.54) is 0 Å². The second-order valence-electron chi connectivity index (χ2n) is 7.42. The van der Waals surface area contributed by atoms with E-state index in [0.29, 0.717) is 12.1 Å². The third kappa shape index (κ3) is 6.08. The number of hydrogen-bond donors (Lipinski definition) is 1. The highest BCUT2D eigenvalue weighted by Gasteiger charge is 2.30. The molecule has 0 amide bonds. The first-order valence-corrected chi connectivity index (χ1v) is 10.7. The van der Waals surface area contributed by atoms with Crippen molar-refractivity contribution < 1.29 is 24.6 Å². The first-order valence-electron chi connectivity index (χ1n) is 10.7. The smallest absolute Gasteiger partial charge is 0.324 e. The number of non-ortho nitro benzene ring substituents is 1. The van der Waals surface area contributed by atoms with Crippen molar-refractivity contribution in [2.24, 2.45) is 0 Å². The van der Waals surface area contributed by atoms with Crippen LogP contribution in [0.1, 0.15) is 19.8 Å². The molecule has 0 saturated heterocycles. The minimum absolute atomic E-state index is 0.447. The van der Waals surface area contributed by atoms with E-state index >= 15 is 0 Å². The van der Waals surface area contributed by atoms with Crippen LogP contribution in [0, 0.1) is 30.3 Å². The zero-order valence-corrected chi connectivity index (χ0v) is 19.0. The molecule has 13 heteroatoms. The monoisotopic (exact) mass is 495 g/mol. The lowest BCUT2D eigenvalue weighted by Gasteiger charge is -2.05. The largest absolute Gasteiger partial charge is 0.497 e. The maximum absolute atomic E-state index is 10.4. The van der Waals surface area contributed by atoms with Crippen molar-refractivity contribution in [1.29, 1.82) is 0 Å². The standard InChI is InChI=1S/C17H18N2O.C6H3N3O7/c1-2-3-12-20-15-9-7-14(8-10-15)16-13-19-11-5-4-6-17(19)18-16;10-6-4(8(13)14)1-3(7(11)12)2-5(6)9(15)16/h4-11,13H,2-3,12H2,1H3;1-2,10H. The Bertz CT molecular complexity index is 1330. The number of benzene rings is 2. The molecule has 1 N–H and O–H groups in total. The van der Waals surface area contributed by atoms with E-state index in [0.717, 1.165) is 42.1 Å². The van der Waals surface area contributed by atoms with E-state index in [1.807, 2.05) is 47.1 Å². The fourth-order valence-electron chi connectivity index (χ4n) is 3.10. The number of fused-ring (bicyclic) bond motifs is 1. The molecule has 0 spiro atoms. The molecule has 13 nitrogen and oxygen atoms in total. The molecule has 4 aromatic rings. The Balaban J connectivity index is 0.000000207. The molecule has 2 heterocycles. The molecule has 4 rings (SSSR count). The first kappa shape index (κ1) is 25.6. The number of imidazole rings is 1. The zero-order valence-electron chi connectivity index (χ0n) is 19.0. The van der Waals surface area contributed by atoms with Gasteiger partial charge >= 0.3 is 11.4 Å². The molecule has 36 heavy (non-hydrogen) atoms. The van der Waals surface area contributed by atoms with E-state index in [1.54, 1.807) is 0 Å². The topological polar surface area (TPSA) is 176 Å². The van der Waals surface area contributed by atoms with Crippen molar-refractivity contribution >= 4 is 22.7 Å². The zero-order chi connectivity index (χ0) is 26.2. The number of rotatable bonds is 8. The normalized spacial score (nSPS) is 10.4. The number of nitro groups is 3. The molecule has 0 aliphatic carbocycles. The Morgan fingerprint density at radius 2 is 1.58 bits per heavy atom. The van der Waals surface area contributed by atoms with Crippen LogP contribution in [0.2, 0.25) is 0 Å². The maximum Gasteiger partial charge on any atom is 0.324 e. The molecule has 0 aliphatic rings. The summed E-state index contributed by atoms with van der Waals surface area (Å²) in [5, 5.41) is 40.2. The van der Waals surface area contributed by atoms with Crippen molar-refractivity contribution in [2.75, 3.05) is 6.61 Å². The number of pyridine rings is 1. The van der Waals surface area contributed by atoms with Gasteiger partial charge in [-0.25, -0.2) is 4.98 Å². The molecule has 0 bridgehead atoms. The van der Waals surface area contributed by atoms with Gasteiger partial charge in [-0.3, -0.25) is 30.3 Å². The number of phenols is 1. The number of nitrogens with zero attached hydrogens (tertiary/aromatic N) is 5. The van der Waals surface area contributed by atoms with Gasteiger partial charge in [-0.1, -0.05) is 19.4 Å². The van der Waals surface area contributed by atoms with Gasteiger partial charge in [0.25, 0.3) is 11.4 Å². The molecule has 2 aromatic heterocycles. The molecule has 0 radical (unpaired) electrons. The lowest BCUT2D eigenvalue weighted by molar-refractivity contribution is -0.404. The number of aromatic hydroxyl groups is 1. The van der Waals surface area contributed by atoms with E-state index in [4.69, 9.17) is 9.84 Å². The molecule has 0 aliphatic heterocycles. The van der Waals surface area contributed by atoms with Gasteiger partial charge in [0.1, 0.15) is 11.4 Å². The molecule has 186 valence electrons. The third-order valence-electron chi connectivity index (χ3n) is 4.94. The summed E-state index contributed by atoms with van der Waals surface area (Å²) in [5.74, 6) is -0.286. The van der Waals surface area contributed by atoms with Gasteiger partial charge in [-0.05, 0) is 42.8 Å². The Morgan fingerprint density at radius 3 is 2.11 bits per heavy atom. The Morgan fingerprint density at radius 1 is 0.944 bits per heavy atom. The molecule has 0 saturated carbocycles. The second-order valence-corrected chi connectivity index (χ2v) is 7.42. The number of nitro benzene ring substituents is 3. The second kappa shape index (κ2) is 11.4. The number of hydrogen-bond acceptors (Lipinski definition) is 9. The predicted octanol–water partition coefficient (Wildman–Crippen LogP) is 5.30. The van der Waals surface area contributed by atoms with Crippen LogP contribution in [-0.4, -0.2) is 35.9 Å². The highest BCUT2D eigenvalue weighted by molar-refractivity contribution is 5.65. The van der Waals surface area contributed by atoms with Crippen LogP contribution in [0.3, 0.4) is 0 Å². The summed E-state index contributed by atoms with van der Waals surface area (Å²) in [7, 11) is 0. The number of phenolic OH excluding ortho intramolecular Hbond substituents is 1. The van der Waals surface area contributed by atoms with Crippen LogP contribution in [0.4, 0.5) is 17.1 Å². The summed E-state index contributed by atoms with van der Waals surface area (Å²) in [6.45, 7) is 2.94. The summed E-state index contributed by atoms with van der Waals surface area (Å²) in [6.07, 6.45) is 6.30. The summed E-state index contributed by atoms with van der Waals surface area (Å²) in [4.78, 5) is 32.4. The van der Waals surface area contributed by atoms with Crippen molar-refractivity contribution in [3.8, 4) is 22.8 Å². The predicted molar refractivity (Wildman–Crippen MR) is 129 cm³/mol. The molecular formula is C23H21N5O8. The van der Waals surface area contributed by atoms with Gasteiger partial charge in [0.15, 0.2) is 0 Å². The Hall–Kier alpha value is -5.07. The SMILES string of the molecule is CCCCOc1ccc(-c2cn3ccccc3n2)cc1.O=[N+]([O-])c1cc([N+](=O)[O-])c(O)c([N+](=O)[O-])c1. The van der Waals surface area contributed by atoms with E-state index in [9.17, 15) is 30.3 Å².